The average Bonchev–Trinajstić information content (AvgIpc) is 3.39. The SMILES string of the molecule is CC(C)C(CNC(=O)OCC1c2ccccc2-c2ccccc21)C(=O)N[C@@H]1CC[C@H](CC(=O)O)C1. The number of fused-ring (bicyclic) bond motifs is 3. The Balaban J connectivity index is 1.29. The molecule has 1 fully saturated rings. The fourth-order valence-electron chi connectivity index (χ4n) is 5.42. The van der Waals surface area contributed by atoms with Gasteiger partial charge in [-0.05, 0) is 53.4 Å². The second-order valence-electron chi connectivity index (χ2n) is 10.0. The molecule has 0 heterocycles. The van der Waals surface area contributed by atoms with Crippen LogP contribution in [0.3, 0.4) is 0 Å². The van der Waals surface area contributed by atoms with Gasteiger partial charge in [0.1, 0.15) is 6.61 Å². The first kappa shape index (κ1) is 24.8. The van der Waals surface area contributed by atoms with Crippen molar-refractivity contribution in [3.63, 3.8) is 0 Å². The Kier molecular flexibility index (Phi) is 7.73. The van der Waals surface area contributed by atoms with Crippen molar-refractivity contribution in [1.29, 1.82) is 0 Å². The zero-order chi connectivity index (χ0) is 24.9. The lowest BCUT2D eigenvalue weighted by Gasteiger charge is -2.23. The molecule has 2 aromatic carbocycles. The van der Waals surface area contributed by atoms with Crippen LogP contribution in [0.2, 0.25) is 0 Å². The maximum absolute atomic E-state index is 12.9. The van der Waals surface area contributed by atoms with E-state index in [1.807, 2.05) is 38.1 Å². The number of hydrogen-bond acceptors (Lipinski definition) is 4. The lowest BCUT2D eigenvalue weighted by Crippen LogP contribution is -2.44. The van der Waals surface area contributed by atoms with Crippen LogP contribution in [0.5, 0.6) is 0 Å². The van der Waals surface area contributed by atoms with E-state index in [1.165, 1.54) is 11.1 Å². The minimum atomic E-state index is -0.797. The van der Waals surface area contributed by atoms with E-state index in [0.29, 0.717) is 6.42 Å². The van der Waals surface area contributed by atoms with Gasteiger partial charge < -0.3 is 20.5 Å². The molecule has 7 heteroatoms. The van der Waals surface area contributed by atoms with Gasteiger partial charge in [0.25, 0.3) is 0 Å². The van der Waals surface area contributed by atoms with Crippen LogP contribution in [0.25, 0.3) is 11.1 Å². The van der Waals surface area contributed by atoms with Crippen molar-refractivity contribution in [1.82, 2.24) is 10.6 Å². The van der Waals surface area contributed by atoms with Gasteiger partial charge in [-0.25, -0.2) is 4.79 Å². The maximum Gasteiger partial charge on any atom is 0.407 e. The first-order valence-corrected chi connectivity index (χ1v) is 12.4. The van der Waals surface area contributed by atoms with E-state index >= 15 is 0 Å². The number of carbonyl (C=O) groups excluding carboxylic acids is 2. The highest BCUT2D eigenvalue weighted by molar-refractivity contribution is 5.81. The molecule has 1 unspecified atom stereocenters. The number of nitrogens with one attached hydrogen (secondary N) is 2. The average molecular weight is 479 g/mol. The van der Waals surface area contributed by atoms with Crippen molar-refractivity contribution in [3.05, 3.63) is 59.7 Å². The fraction of sp³-hybridized carbons (Fsp3) is 0.464. The van der Waals surface area contributed by atoms with Crippen LogP contribution in [-0.4, -0.2) is 42.3 Å². The molecule has 0 saturated heterocycles. The molecular weight excluding hydrogens is 444 g/mol. The fourth-order valence-corrected chi connectivity index (χ4v) is 5.42. The summed E-state index contributed by atoms with van der Waals surface area (Å²) in [7, 11) is 0. The van der Waals surface area contributed by atoms with Gasteiger partial charge in [-0.2, -0.15) is 0 Å². The smallest absolute Gasteiger partial charge is 0.407 e. The number of rotatable bonds is 9. The third kappa shape index (κ3) is 5.84. The number of hydrogen-bond donors (Lipinski definition) is 3. The molecule has 2 aromatic rings. The number of carbonyl (C=O) groups is 3. The first-order valence-electron chi connectivity index (χ1n) is 12.4. The number of alkyl carbamates (subject to hydrolysis) is 1. The second-order valence-corrected chi connectivity index (χ2v) is 10.0. The Hall–Kier alpha value is -3.35. The molecule has 186 valence electrons. The summed E-state index contributed by atoms with van der Waals surface area (Å²) in [6.45, 7) is 4.31. The van der Waals surface area contributed by atoms with Gasteiger partial charge in [-0.15, -0.1) is 0 Å². The molecule has 0 aliphatic heterocycles. The van der Waals surface area contributed by atoms with Crippen LogP contribution in [0.4, 0.5) is 4.79 Å². The zero-order valence-corrected chi connectivity index (χ0v) is 20.3. The summed E-state index contributed by atoms with van der Waals surface area (Å²) < 4.78 is 5.60. The second kappa shape index (κ2) is 10.9. The molecule has 0 aromatic heterocycles. The number of amides is 2. The van der Waals surface area contributed by atoms with E-state index in [-0.39, 0.29) is 49.3 Å². The summed E-state index contributed by atoms with van der Waals surface area (Å²) in [5.41, 5.74) is 4.65. The summed E-state index contributed by atoms with van der Waals surface area (Å²) in [5, 5.41) is 14.8. The molecule has 35 heavy (non-hydrogen) atoms. The molecule has 0 spiro atoms. The van der Waals surface area contributed by atoms with E-state index in [2.05, 4.69) is 34.9 Å². The van der Waals surface area contributed by atoms with E-state index in [1.54, 1.807) is 0 Å². The van der Waals surface area contributed by atoms with Gasteiger partial charge in [0.2, 0.25) is 5.91 Å². The van der Waals surface area contributed by atoms with Gasteiger partial charge >= 0.3 is 12.1 Å². The monoisotopic (exact) mass is 478 g/mol. The van der Waals surface area contributed by atoms with Crippen molar-refractivity contribution in [3.8, 4) is 11.1 Å². The number of carboxylic acids is 1. The Bertz CT molecular complexity index is 1040. The van der Waals surface area contributed by atoms with Crippen molar-refractivity contribution >= 4 is 18.0 Å². The predicted octanol–water partition coefficient (Wildman–Crippen LogP) is 4.56. The van der Waals surface area contributed by atoms with Gasteiger partial charge in [0.15, 0.2) is 0 Å². The van der Waals surface area contributed by atoms with Crippen LogP contribution in [-0.2, 0) is 14.3 Å². The first-order chi connectivity index (χ1) is 16.8. The van der Waals surface area contributed by atoms with Crippen molar-refractivity contribution in [2.24, 2.45) is 17.8 Å². The summed E-state index contributed by atoms with van der Waals surface area (Å²) in [6.07, 6.45) is 1.88. The quantitative estimate of drug-likeness (QED) is 0.490. The maximum atomic E-state index is 12.9. The van der Waals surface area contributed by atoms with E-state index in [9.17, 15) is 14.4 Å². The molecule has 1 saturated carbocycles. The zero-order valence-electron chi connectivity index (χ0n) is 20.3. The molecule has 7 nitrogen and oxygen atoms in total. The normalized spacial score (nSPS) is 19.6. The number of carboxylic acid groups (broad SMARTS) is 1. The predicted molar refractivity (Wildman–Crippen MR) is 133 cm³/mol. The standard InChI is InChI=1S/C28H34N2O5/c1-17(2)24(27(33)30-19-12-11-18(13-19)14-26(31)32)15-29-28(34)35-16-25-22-9-5-3-7-20(22)21-8-4-6-10-23(21)25/h3-10,17-19,24-25H,11-16H2,1-2H3,(H,29,34)(H,30,33)(H,31,32)/t18-,19+,24?/m0/s1. The summed E-state index contributed by atoms with van der Waals surface area (Å²) in [4.78, 5) is 36.4. The summed E-state index contributed by atoms with van der Waals surface area (Å²) >= 11 is 0. The van der Waals surface area contributed by atoms with E-state index in [0.717, 1.165) is 24.0 Å². The Morgan fingerprint density at radius 2 is 1.63 bits per heavy atom. The van der Waals surface area contributed by atoms with Crippen molar-refractivity contribution in [2.45, 2.75) is 51.5 Å². The summed E-state index contributed by atoms with van der Waals surface area (Å²) in [5.74, 6) is -1.18. The molecule has 0 radical (unpaired) electrons. The molecule has 2 aliphatic rings. The van der Waals surface area contributed by atoms with Gasteiger partial charge in [0, 0.05) is 24.9 Å². The highest BCUT2D eigenvalue weighted by Gasteiger charge is 2.32. The van der Waals surface area contributed by atoms with Crippen molar-refractivity contribution in [2.75, 3.05) is 13.2 Å². The Labute approximate surface area is 206 Å². The number of aliphatic carboxylic acids is 1. The minimum absolute atomic E-state index is 0.0115. The highest BCUT2D eigenvalue weighted by Crippen LogP contribution is 2.44. The molecule has 2 aliphatic carbocycles. The number of benzene rings is 2. The molecule has 3 atom stereocenters. The largest absolute Gasteiger partial charge is 0.481 e. The topological polar surface area (TPSA) is 105 Å². The van der Waals surface area contributed by atoms with Crippen molar-refractivity contribution < 1.29 is 24.2 Å². The molecule has 0 bridgehead atoms. The van der Waals surface area contributed by atoms with Crippen LogP contribution in [0, 0.1) is 17.8 Å². The van der Waals surface area contributed by atoms with E-state index < -0.39 is 18.0 Å². The van der Waals surface area contributed by atoms with Gasteiger partial charge in [-0.1, -0.05) is 62.4 Å². The highest BCUT2D eigenvalue weighted by atomic mass is 16.5. The van der Waals surface area contributed by atoms with E-state index in [4.69, 9.17) is 9.84 Å². The number of ether oxygens (including phenoxy) is 1. The summed E-state index contributed by atoms with van der Waals surface area (Å²) in [6, 6.07) is 16.3. The molecule has 4 rings (SSSR count). The van der Waals surface area contributed by atoms with Crippen LogP contribution >= 0.6 is 0 Å². The molecule has 3 N–H and O–H groups in total. The van der Waals surface area contributed by atoms with Crippen LogP contribution in [0.15, 0.2) is 48.5 Å². The molecular formula is C28H34N2O5. The Morgan fingerprint density at radius 1 is 1.00 bits per heavy atom. The lowest BCUT2D eigenvalue weighted by molar-refractivity contribution is -0.138. The molecule has 2 amide bonds. The van der Waals surface area contributed by atoms with Gasteiger partial charge in [0.05, 0.1) is 5.92 Å². The Morgan fingerprint density at radius 3 is 2.23 bits per heavy atom. The third-order valence-electron chi connectivity index (χ3n) is 7.30. The third-order valence-corrected chi connectivity index (χ3v) is 7.30. The van der Waals surface area contributed by atoms with Crippen LogP contribution in [0.1, 0.15) is 56.6 Å². The van der Waals surface area contributed by atoms with Gasteiger partial charge in [-0.3, -0.25) is 9.59 Å². The lowest BCUT2D eigenvalue weighted by atomic mass is 9.94. The minimum Gasteiger partial charge on any atom is -0.481 e. The van der Waals surface area contributed by atoms with Crippen LogP contribution < -0.4 is 10.6 Å².